The lowest BCUT2D eigenvalue weighted by atomic mass is 9.74. The van der Waals surface area contributed by atoms with Crippen molar-refractivity contribution in [2.24, 2.45) is 5.41 Å². The van der Waals surface area contributed by atoms with Gasteiger partial charge >= 0.3 is 0 Å². The van der Waals surface area contributed by atoms with Crippen LogP contribution in [0.1, 0.15) is 50.5 Å². The molecule has 2 N–H and O–H groups in total. The maximum Gasteiger partial charge on any atom is 0.220 e. The third-order valence-electron chi connectivity index (χ3n) is 4.69. The number of carbonyl (C=O) groups excluding carboxylic acids is 1. The van der Waals surface area contributed by atoms with E-state index in [4.69, 9.17) is 11.6 Å². The summed E-state index contributed by atoms with van der Waals surface area (Å²) in [7, 11) is 0. The summed E-state index contributed by atoms with van der Waals surface area (Å²) in [5.74, 6) is 0.0901. The van der Waals surface area contributed by atoms with Gasteiger partial charge in [-0.15, -0.1) is 0 Å². The number of rotatable bonds is 7. The summed E-state index contributed by atoms with van der Waals surface area (Å²) in [4.78, 5) is 12.0. The predicted molar refractivity (Wildman–Crippen MR) is 90.0 cm³/mol. The second-order valence-corrected chi connectivity index (χ2v) is 6.91. The van der Waals surface area contributed by atoms with Gasteiger partial charge in [-0.2, -0.15) is 0 Å². The van der Waals surface area contributed by atoms with E-state index in [0.29, 0.717) is 13.0 Å². The Morgan fingerprint density at radius 2 is 1.86 bits per heavy atom. The van der Waals surface area contributed by atoms with Gasteiger partial charge in [-0.05, 0) is 43.4 Å². The molecule has 1 aliphatic rings. The molecule has 1 fully saturated rings. The number of aryl methyl sites for hydroxylation is 1. The van der Waals surface area contributed by atoms with Crippen LogP contribution in [0.15, 0.2) is 24.3 Å². The topological polar surface area (TPSA) is 49.3 Å². The summed E-state index contributed by atoms with van der Waals surface area (Å²) >= 11 is 5.85. The van der Waals surface area contributed by atoms with Gasteiger partial charge in [-0.3, -0.25) is 4.79 Å². The van der Waals surface area contributed by atoms with E-state index >= 15 is 0 Å². The number of amides is 1. The third kappa shape index (κ3) is 5.29. The summed E-state index contributed by atoms with van der Waals surface area (Å²) in [5.41, 5.74) is 1.13. The number of carbonyl (C=O) groups is 1. The third-order valence-corrected chi connectivity index (χ3v) is 4.94. The number of hydrogen-bond donors (Lipinski definition) is 2. The first-order valence-electron chi connectivity index (χ1n) is 8.26. The van der Waals surface area contributed by atoms with Crippen LogP contribution in [0.3, 0.4) is 0 Å². The van der Waals surface area contributed by atoms with Crippen molar-refractivity contribution in [3.8, 4) is 0 Å². The van der Waals surface area contributed by atoms with E-state index in [2.05, 4.69) is 5.32 Å². The zero-order valence-corrected chi connectivity index (χ0v) is 13.9. The fourth-order valence-corrected chi connectivity index (χ4v) is 3.30. The first kappa shape index (κ1) is 17.3. The number of nitrogens with one attached hydrogen (secondary N) is 1. The molecule has 1 amide bonds. The quantitative estimate of drug-likeness (QED) is 0.803. The Bertz CT molecular complexity index is 466. The Balaban J connectivity index is 1.68. The molecule has 1 saturated carbocycles. The molecule has 1 aliphatic carbocycles. The molecule has 1 aromatic rings. The number of aliphatic hydroxyl groups is 1. The van der Waals surface area contributed by atoms with Crippen LogP contribution in [0.4, 0.5) is 0 Å². The van der Waals surface area contributed by atoms with Crippen LogP contribution in [0.25, 0.3) is 0 Å². The van der Waals surface area contributed by atoms with Crippen molar-refractivity contribution >= 4 is 17.5 Å². The molecule has 0 spiro atoms. The van der Waals surface area contributed by atoms with Crippen LogP contribution in [-0.4, -0.2) is 24.2 Å². The Morgan fingerprint density at radius 3 is 2.50 bits per heavy atom. The minimum atomic E-state index is -0.0793. The van der Waals surface area contributed by atoms with E-state index in [1.54, 1.807) is 0 Å². The molecular weight excluding hydrogens is 298 g/mol. The Morgan fingerprint density at radius 1 is 1.18 bits per heavy atom. The van der Waals surface area contributed by atoms with Gasteiger partial charge in [0, 0.05) is 23.4 Å². The summed E-state index contributed by atoms with van der Waals surface area (Å²) in [6.07, 6.45) is 7.86. The highest BCUT2D eigenvalue weighted by atomic mass is 35.5. The maximum absolute atomic E-state index is 12.0. The van der Waals surface area contributed by atoms with E-state index in [9.17, 15) is 9.90 Å². The van der Waals surface area contributed by atoms with Crippen molar-refractivity contribution in [3.63, 3.8) is 0 Å². The van der Waals surface area contributed by atoms with Crippen molar-refractivity contribution in [3.05, 3.63) is 34.9 Å². The molecule has 1 aromatic carbocycles. The second kappa shape index (κ2) is 8.54. The lowest BCUT2D eigenvalue weighted by molar-refractivity contribution is -0.122. The van der Waals surface area contributed by atoms with Crippen LogP contribution in [0.2, 0.25) is 5.02 Å². The van der Waals surface area contributed by atoms with Gasteiger partial charge in [0.15, 0.2) is 0 Å². The SMILES string of the molecule is O=C(CCCc1ccc(Cl)cc1)NCC1(CO)CCCCC1. The fourth-order valence-electron chi connectivity index (χ4n) is 3.17. The first-order chi connectivity index (χ1) is 10.6. The second-order valence-electron chi connectivity index (χ2n) is 6.48. The summed E-state index contributed by atoms with van der Waals surface area (Å²) in [5, 5.41) is 13.4. The van der Waals surface area contributed by atoms with E-state index in [-0.39, 0.29) is 17.9 Å². The Hall–Kier alpha value is -1.06. The molecule has 0 aliphatic heterocycles. The fraction of sp³-hybridized carbons (Fsp3) is 0.611. The minimum Gasteiger partial charge on any atom is -0.396 e. The first-order valence-corrected chi connectivity index (χ1v) is 8.63. The highest BCUT2D eigenvalue weighted by Gasteiger charge is 2.31. The van der Waals surface area contributed by atoms with E-state index in [0.717, 1.165) is 43.5 Å². The van der Waals surface area contributed by atoms with Crippen LogP contribution in [0.5, 0.6) is 0 Å². The van der Waals surface area contributed by atoms with E-state index < -0.39 is 0 Å². The van der Waals surface area contributed by atoms with Crippen LogP contribution < -0.4 is 5.32 Å². The molecule has 2 rings (SSSR count). The summed E-state index contributed by atoms with van der Waals surface area (Å²) < 4.78 is 0. The van der Waals surface area contributed by atoms with Crippen LogP contribution in [-0.2, 0) is 11.2 Å². The average molecular weight is 324 g/mol. The predicted octanol–water partition coefficient (Wildman–Crippen LogP) is 3.72. The van der Waals surface area contributed by atoms with Crippen LogP contribution in [0, 0.1) is 5.41 Å². The van der Waals surface area contributed by atoms with Gasteiger partial charge in [0.05, 0.1) is 6.61 Å². The van der Waals surface area contributed by atoms with E-state index in [1.807, 2.05) is 24.3 Å². The monoisotopic (exact) mass is 323 g/mol. The molecule has 4 heteroatoms. The molecule has 0 saturated heterocycles. The van der Waals surface area contributed by atoms with Gasteiger partial charge < -0.3 is 10.4 Å². The van der Waals surface area contributed by atoms with Gasteiger partial charge in [0.2, 0.25) is 5.91 Å². The number of aliphatic hydroxyl groups excluding tert-OH is 1. The molecule has 0 heterocycles. The standard InChI is InChI=1S/C18H26ClNO2/c19-16-9-7-15(8-10-16)5-4-6-17(22)20-13-18(14-21)11-2-1-3-12-18/h7-10,21H,1-6,11-14H2,(H,20,22). The van der Waals surface area contributed by atoms with Crippen LogP contribution >= 0.6 is 11.6 Å². The van der Waals surface area contributed by atoms with Crippen molar-refractivity contribution < 1.29 is 9.90 Å². The Labute approximate surface area is 138 Å². The van der Waals surface area contributed by atoms with Crippen molar-refractivity contribution in [1.29, 1.82) is 0 Å². The number of benzene rings is 1. The molecule has 3 nitrogen and oxygen atoms in total. The average Bonchev–Trinajstić information content (AvgIpc) is 2.56. The highest BCUT2D eigenvalue weighted by Crippen LogP contribution is 2.35. The summed E-state index contributed by atoms with van der Waals surface area (Å²) in [6, 6.07) is 7.77. The number of halogens is 1. The molecule has 0 atom stereocenters. The zero-order valence-electron chi connectivity index (χ0n) is 13.1. The van der Waals surface area contributed by atoms with Crippen molar-refractivity contribution in [2.45, 2.75) is 51.4 Å². The van der Waals surface area contributed by atoms with Gasteiger partial charge in [0.1, 0.15) is 0 Å². The molecule has 0 aromatic heterocycles. The van der Waals surface area contributed by atoms with Gasteiger partial charge in [-0.1, -0.05) is 43.0 Å². The smallest absolute Gasteiger partial charge is 0.220 e. The minimum absolute atomic E-state index is 0.0793. The highest BCUT2D eigenvalue weighted by molar-refractivity contribution is 6.30. The van der Waals surface area contributed by atoms with E-state index in [1.165, 1.54) is 12.0 Å². The molecule has 0 bridgehead atoms. The molecular formula is C18H26ClNO2. The largest absolute Gasteiger partial charge is 0.396 e. The number of hydrogen-bond acceptors (Lipinski definition) is 2. The normalized spacial score (nSPS) is 17.2. The zero-order chi connectivity index (χ0) is 15.8. The lowest BCUT2D eigenvalue weighted by Crippen LogP contribution is -2.41. The van der Waals surface area contributed by atoms with Gasteiger partial charge in [0.25, 0.3) is 0 Å². The Kier molecular flexibility index (Phi) is 6.71. The maximum atomic E-state index is 12.0. The molecule has 22 heavy (non-hydrogen) atoms. The molecule has 122 valence electrons. The molecule has 0 radical (unpaired) electrons. The van der Waals surface area contributed by atoms with Crippen molar-refractivity contribution in [1.82, 2.24) is 5.32 Å². The molecule has 0 unspecified atom stereocenters. The summed E-state index contributed by atoms with van der Waals surface area (Å²) in [6.45, 7) is 0.793. The van der Waals surface area contributed by atoms with Gasteiger partial charge in [-0.25, -0.2) is 0 Å². The van der Waals surface area contributed by atoms with Crippen molar-refractivity contribution in [2.75, 3.05) is 13.2 Å². The lowest BCUT2D eigenvalue weighted by Gasteiger charge is -2.35.